The fourth-order valence-electron chi connectivity index (χ4n) is 10.5. The van der Waals surface area contributed by atoms with Gasteiger partial charge in [0.2, 0.25) is 0 Å². The van der Waals surface area contributed by atoms with Crippen LogP contribution in [0.2, 0.25) is 0 Å². The molecule has 0 N–H and O–H groups in total. The van der Waals surface area contributed by atoms with Crippen LogP contribution in [0.4, 0.5) is 0 Å². The first-order chi connectivity index (χ1) is 30.9. The van der Waals surface area contributed by atoms with E-state index in [1.165, 1.54) is 18.4 Å². The number of carbonyl (C=O) groups is 4. The van der Waals surface area contributed by atoms with Gasteiger partial charge in [-0.2, -0.15) is 0 Å². The number of cyclic esters (lactones) is 4. The fourth-order valence-corrected chi connectivity index (χ4v) is 17.0. The van der Waals surface area contributed by atoms with E-state index in [4.69, 9.17) is 24.1 Å². The molecule has 2 heterocycles. The molecule has 394 valence electrons. The van der Waals surface area contributed by atoms with E-state index >= 15 is 0 Å². The van der Waals surface area contributed by atoms with Gasteiger partial charge in [0.05, 0.1) is 44.3 Å². The summed E-state index contributed by atoms with van der Waals surface area (Å²) in [7, 11) is 12.2. The van der Waals surface area contributed by atoms with E-state index in [9.17, 15) is 19.2 Å². The maximum atomic E-state index is 11.9. The van der Waals surface area contributed by atoms with Gasteiger partial charge in [0.1, 0.15) is 0 Å². The average molecular weight is 1120 g/mol. The Balaban J connectivity index is 0.000000832. The molecule has 0 aromatic carbocycles. The second-order valence-corrected chi connectivity index (χ2v) is 38.6. The molecule has 0 aromatic heterocycles. The molecule has 11 heteroatoms. The smallest absolute Gasteiger partial charge is 0.318 e. The molecule has 2 aliphatic heterocycles. The molecule has 7 unspecified atom stereocenters. The molecule has 3 aliphatic carbocycles. The number of fused-ring (bicyclic) bond motifs is 6. The molecule has 5 rings (SSSR count). The summed E-state index contributed by atoms with van der Waals surface area (Å²) in [6, 6.07) is 0. The third kappa shape index (κ3) is 28.8. The van der Waals surface area contributed by atoms with Gasteiger partial charge in [0, 0.05) is 0 Å². The van der Waals surface area contributed by atoms with Crippen LogP contribution in [0.5, 0.6) is 0 Å². The number of hydrogen-bond donors (Lipinski definition) is 0. The number of ether oxygens (including phenoxy) is 2. The third-order valence-electron chi connectivity index (χ3n) is 11.6. The van der Waals surface area contributed by atoms with E-state index in [1.54, 1.807) is 6.08 Å². The zero-order chi connectivity index (χ0) is 53.1. The van der Waals surface area contributed by atoms with Crippen LogP contribution in [0.25, 0.3) is 0 Å². The van der Waals surface area contributed by atoms with Gasteiger partial charge in [-0.05, 0) is 186 Å². The minimum atomic E-state index is -1.52. The molecular formula is C57H100Cl2O6P2Ru+2. The zero-order valence-electron chi connectivity index (χ0n) is 46.4. The standard InChI is InChI=1S/C18H26O3.C9H8O3.C9H18.2C8H19P.C5H8.2ClH.Ru/c1-5-13-10-14(8-6-7-12(4)9-11(2)3)16-15(13)17(19)21-18(16)20;10-8-6-4-1-2-5(3-4)7(6)9(11)12-8;1-5-6-9(4)7-8(2)3;2*1-7(2,3)9-8(4,5)6;1-4-5(2)3;;;/h5-6,8,11-16H,1,7,9-10H2,2-4H3;1-2,4-7H,3H2;5,8-9H,1,6-7H2,2-4H3;2*9H,1-6H3;1,4H,2-3H3;2*1H;/q;;;;;;;;+2/b8-6+;;;;;;;;/t12?,13-,14+,15?,16-;;;;;;;;/m0......../s1. The molecule has 2 saturated heterocycles. The predicted octanol–water partition coefficient (Wildman–Crippen LogP) is 16.2. The van der Waals surface area contributed by atoms with Crippen LogP contribution in [0, 0.1) is 71.0 Å². The number of allylic oxidation sites excluding steroid dienone is 8. The molecule has 68 heavy (non-hydrogen) atoms. The fraction of sp³-hybridized carbons (Fsp3) is 0.737. The minimum Gasteiger partial charge on any atom is -0.393 e. The van der Waals surface area contributed by atoms with Gasteiger partial charge >= 0.3 is 86.9 Å². The number of hydrogen-bond acceptors (Lipinski definition) is 6. The molecule has 10 atom stereocenters. The van der Waals surface area contributed by atoms with Gasteiger partial charge in [0.25, 0.3) is 0 Å². The van der Waals surface area contributed by atoms with Crippen molar-refractivity contribution in [2.24, 2.45) is 71.0 Å². The normalized spacial score (nSPS) is 25.6. The van der Waals surface area contributed by atoms with Gasteiger partial charge < -0.3 is 9.47 Å². The summed E-state index contributed by atoms with van der Waals surface area (Å²) in [6.45, 7) is 53.0. The first-order valence-corrected chi connectivity index (χ1v) is 33.0. The van der Waals surface area contributed by atoms with Crippen molar-refractivity contribution in [3.8, 4) is 0 Å². The van der Waals surface area contributed by atoms with E-state index in [0.29, 0.717) is 49.6 Å². The van der Waals surface area contributed by atoms with E-state index in [-0.39, 0.29) is 71.2 Å². The summed E-state index contributed by atoms with van der Waals surface area (Å²) >= 11 is -1.52. The Morgan fingerprint density at radius 2 is 1.00 bits per heavy atom. The number of halogens is 2. The first kappa shape index (κ1) is 66.9. The molecule has 6 nitrogen and oxygen atoms in total. The molecule has 0 spiro atoms. The van der Waals surface area contributed by atoms with Gasteiger partial charge in [-0.3, -0.25) is 19.2 Å². The first-order valence-electron chi connectivity index (χ1n) is 25.2. The Kier molecular flexibility index (Phi) is 30.3. The third-order valence-corrected chi connectivity index (χ3v) is 16.8. The molecule has 4 fully saturated rings. The Bertz CT molecular complexity index is 1640. The van der Waals surface area contributed by atoms with Crippen molar-refractivity contribution in [3.05, 3.63) is 61.3 Å². The topological polar surface area (TPSA) is 86.7 Å². The Morgan fingerprint density at radius 3 is 1.29 bits per heavy atom. The summed E-state index contributed by atoms with van der Waals surface area (Å²) in [6.07, 6.45) is 20.7. The summed E-state index contributed by atoms with van der Waals surface area (Å²) in [4.78, 5) is 46.0. The van der Waals surface area contributed by atoms with Crippen molar-refractivity contribution in [1.29, 1.82) is 0 Å². The maximum Gasteiger partial charge on any atom is 0.318 e. The predicted molar refractivity (Wildman–Crippen MR) is 300 cm³/mol. The molecule has 5 aliphatic rings. The van der Waals surface area contributed by atoms with Gasteiger partial charge in [0.15, 0.2) is 0 Å². The molecule has 0 aromatic rings. The zero-order valence-corrected chi connectivity index (χ0v) is 52.0. The number of rotatable bonds is 11. The van der Waals surface area contributed by atoms with E-state index in [0.717, 1.165) is 37.5 Å². The summed E-state index contributed by atoms with van der Waals surface area (Å²) in [5, 5.41) is 2.27. The number of esters is 4. The molecule has 0 amide bonds. The van der Waals surface area contributed by atoms with Crippen LogP contribution >= 0.6 is 36.5 Å². The second-order valence-electron chi connectivity index (χ2n) is 25.3. The van der Waals surface area contributed by atoms with Crippen LogP contribution in [-0.4, -0.2) is 49.1 Å². The summed E-state index contributed by atoms with van der Waals surface area (Å²) < 4.78 is 11.3. The maximum absolute atomic E-state index is 11.9. The second kappa shape index (κ2) is 30.8. The Labute approximate surface area is 434 Å². The SMILES string of the molecule is C=CCC(C)CC(C)C.C=C[C@H]1C[C@@H](/C=C/CC(C)CC(C)C)[C@@H]2C(=O)OC(=O)C21.CC(C)(C)[PH2+]C(C)(C)C.CC(C)(C)[PH2+]C(C)(C)C.CC(C)=C[CH]=[Ru]([Cl])[Cl].O=C1OC(=O)C2C3C=CC(C3)C12. The van der Waals surface area contributed by atoms with E-state index < -0.39 is 13.5 Å². The van der Waals surface area contributed by atoms with Crippen molar-refractivity contribution in [1.82, 2.24) is 0 Å². The summed E-state index contributed by atoms with van der Waals surface area (Å²) in [5.74, 6) is 1.53. The van der Waals surface area contributed by atoms with Crippen molar-refractivity contribution < 1.29 is 42.2 Å². The van der Waals surface area contributed by atoms with Crippen LogP contribution in [-0.2, 0) is 42.2 Å². The van der Waals surface area contributed by atoms with E-state index in [1.807, 2.05) is 42.8 Å². The largest absolute Gasteiger partial charge is 0.393 e. The van der Waals surface area contributed by atoms with Crippen LogP contribution in [0.15, 0.2) is 61.3 Å². The van der Waals surface area contributed by atoms with Gasteiger partial charge in [-0.25, -0.2) is 0 Å². The molecular weight excluding hydrogens is 1010 g/mol. The van der Waals surface area contributed by atoms with Crippen molar-refractivity contribution in [2.75, 3.05) is 0 Å². The number of carbonyl (C=O) groups excluding carboxylic acids is 4. The quantitative estimate of drug-likeness (QED) is 0.0674. The van der Waals surface area contributed by atoms with E-state index in [2.05, 4.69) is 155 Å². The monoisotopic (exact) mass is 1110 g/mol. The van der Waals surface area contributed by atoms with Crippen LogP contribution < -0.4 is 0 Å². The van der Waals surface area contributed by atoms with Crippen molar-refractivity contribution in [3.63, 3.8) is 0 Å². The molecule has 0 radical (unpaired) electrons. The average Bonchev–Trinajstić information content (AvgIpc) is 3.94. The van der Waals surface area contributed by atoms with Gasteiger partial charge in [-0.1, -0.05) is 78.0 Å². The summed E-state index contributed by atoms with van der Waals surface area (Å²) in [5.41, 5.74) is 1.24. The van der Waals surface area contributed by atoms with Crippen LogP contribution in [0.3, 0.4) is 0 Å². The Morgan fingerprint density at radius 1 is 0.632 bits per heavy atom. The minimum absolute atomic E-state index is 0.0664. The van der Waals surface area contributed by atoms with Crippen LogP contribution in [0.1, 0.15) is 177 Å². The Hall–Kier alpha value is -1.09. The molecule has 2 saturated carbocycles. The van der Waals surface area contributed by atoms with Crippen molar-refractivity contribution in [2.45, 2.75) is 198 Å². The van der Waals surface area contributed by atoms with Gasteiger partial charge in [-0.15, -0.1) is 13.2 Å². The van der Waals surface area contributed by atoms with Crippen molar-refractivity contribution >= 4 is 65.0 Å². The molecule has 2 bridgehead atoms.